The maximum atomic E-state index is 16.0. The van der Waals surface area contributed by atoms with Gasteiger partial charge in [-0.3, -0.25) is 0 Å². The van der Waals surface area contributed by atoms with E-state index in [1.54, 1.807) is 12.1 Å². The van der Waals surface area contributed by atoms with Crippen LogP contribution in [-0.2, 0) is 58.3 Å². The van der Waals surface area contributed by atoms with Crippen molar-refractivity contribution in [2.24, 2.45) is 10.8 Å². The normalized spacial score (nSPS) is 13.7. The molecule has 0 saturated carbocycles. The topological polar surface area (TPSA) is 81.6 Å². The van der Waals surface area contributed by atoms with Gasteiger partial charge < -0.3 is 40.1 Å². The quantitative estimate of drug-likeness (QED) is 0.0492. The zero-order valence-corrected chi connectivity index (χ0v) is 69.5. The summed E-state index contributed by atoms with van der Waals surface area (Å²) in [5.74, 6) is -0.0843. The van der Waals surface area contributed by atoms with Gasteiger partial charge in [-0.1, -0.05) is 220 Å². The van der Waals surface area contributed by atoms with Crippen molar-refractivity contribution in [3.8, 4) is 56.6 Å². The van der Waals surface area contributed by atoms with Crippen LogP contribution in [0.3, 0.4) is 0 Å². The predicted octanol–water partition coefficient (Wildman–Crippen LogP) is 25.4. The van der Waals surface area contributed by atoms with Crippen molar-refractivity contribution in [1.82, 2.24) is 9.13 Å². The molecule has 1 saturated heterocycles. The number of aromatic nitrogens is 2. The molecule has 1 aliphatic rings. The summed E-state index contributed by atoms with van der Waals surface area (Å²) in [6.45, 7) is 62.2. The van der Waals surface area contributed by atoms with E-state index in [1.807, 2.05) is 12.1 Å². The maximum absolute atomic E-state index is 16.0. The zero-order chi connectivity index (χ0) is 74.7. The van der Waals surface area contributed by atoms with E-state index in [0.29, 0.717) is 51.5 Å². The molecule has 7 nitrogen and oxygen atoms in total. The van der Waals surface area contributed by atoms with Crippen molar-refractivity contribution in [2.45, 2.75) is 237 Å². The molecule has 1 radical (unpaired) electrons. The van der Waals surface area contributed by atoms with Crippen LogP contribution in [0.5, 0.6) is 23.0 Å². The molecular weight excluding hydrogens is 1310 g/mol. The number of aliphatic hydroxyl groups is 2. The first-order valence-electron chi connectivity index (χ1n) is 36.8. The second-order valence-electron chi connectivity index (χ2n) is 37.9. The van der Waals surface area contributed by atoms with Crippen molar-refractivity contribution < 1.29 is 59.0 Å². The van der Waals surface area contributed by atoms with Crippen molar-refractivity contribution in [3.05, 3.63) is 185 Å². The Hall–Kier alpha value is -6.53. The summed E-state index contributed by atoms with van der Waals surface area (Å²) in [4.78, 5) is 0. The van der Waals surface area contributed by atoms with Gasteiger partial charge in [0, 0.05) is 88.9 Å². The SMILES string of the molecule is C1CC[OH+]C1.CC(C)(C)CC(C)(C)c1cc(-c2cc(F)ccc2OCCCOc2ccc(F)cc2-c2cc(C(C)(C)CC(C)(C)C)cc(-n3c4cc(C(C)(C)C)ccc4c4ccc(C(C)(C)C)cc43)c2O)c(O)c(-n2c3cc(C(C)(C)C)ccc3c3ccc(C(C)(C)C)cc32)c1.[CH2-][Si](C)(C)C.[Sc]. The number of hydrogen-bond donors (Lipinski definition) is 2. The van der Waals surface area contributed by atoms with E-state index in [1.165, 1.54) is 59.4 Å². The van der Waals surface area contributed by atoms with Gasteiger partial charge in [0.25, 0.3) is 0 Å². The molecular formula is C91H120F2N2O5ScSi. The van der Waals surface area contributed by atoms with E-state index in [0.717, 1.165) is 80.8 Å². The minimum absolute atomic E-state index is 0. The van der Waals surface area contributed by atoms with E-state index >= 15 is 8.78 Å². The van der Waals surface area contributed by atoms with Crippen LogP contribution in [0, 0.1) is 29.0 Å². The number of fused-ring (bicyclic) bond motifs is 6. The number of nitrogens with zero attached hydrogens (tertiary/aromatic N) is 2. The summed E-state index contributed by atoms with van der Waals surface area (Å²) in [5, 5.41) is 30.5. The summed E-state index contributed by atoms with van der Waals surface area (Å²) >= 11 is 0. The zero-order valence-electron chi connectivity index (χ0n) is 66.7. The van der Waals surface area contributed by atoms with Crippen molar-refractivity contribution >= 4 is 51.7 Å². The van der Waals surface area contributed by atoms with Gasteiger partial charge in [-0.05, 0) is 174 Å². The van der Waals surface area contributed by atoms with Crippen LogP contribution in [0.4, 0.5) is 8.78 Å². The number of rotatable bonds is 14. The first kappa shape index (κ1) is 81.1. The van der Waals surface area contributed by atoms with E-state index in [4.69, 9.17) is 9.47 Å². The Labute approximate surface area is 631 Å². The number of phenols is 2. The van der Waals surface area contributed by atoms with Crippen LogP contribution in [0.15, 0.2) is 133 Å². The fourth-order valence-electron chi connectivity index (χ4n) is 14.7. The van der Waals surface area contributed by atoms with Crippen molar-refractivity contribution in [1.29, 1.82) is 0 Å². The Balaban J connectivity index is 0.00000111. The van der Waals surface area contributed by atoms with Crippen LogP contribution in [0.1, 0.15) is 218 Å². The Morgan fingerprint density at radius 2 is 0.686 bits per heavy atom. The average molecular weight is 1430 g/mol. The Bertz CT molecular complexity index is 4210. The van der Waals surface area contributed by atoms with Gasteiger partial charge >= 0.3 is 0 Å². The van der Waals surface area contributed by atoms with Crippen LogP contribution in [0.25, 0.3) is 77.2 Å². The van der Waals surface area contributed by atoms with Gasteiger partial charge in [0.15, 0.2) is 0 Å². The van der Waals surface area contributed by atoms with Crippen LogP contribution in [-0.4, -0.2) is 58.6 Å². The molecule has 1 fully saturated rings. The smallest absolute Gasteiger partial charge is 0.147 e. The van der Waals surface area contributed by atoms with Gasteiger partial charge in [-0.2, -0.15) is 0 Å². The second kappa shape index (κ2) is 30.1. The molecule has 10 aromatic rings. The summed E-state index contributed by atoms with van der Waals surface area (Å²) in [5.41, 5.74) is 12.1. The van der Waals surface area contributed by atoms with Gasteiger partial charge in [0.2, 0.25) is 0 Å². The first-order valence-corrected chi connectivity index (χ1v) is 40.5. The molecule has 102 heavy (non-hydrogen) atoms. The molecule has 8 aromatic carbocycles. The van der Waals surface area contributed by atoms with Crippen LogP contribution >= 0.6 is 0 Å². The minimum Gasteiger partial charge on any atom is -0.505 e. The summed E-state index contributed by atoms with van der Waals surface area (Å²) in [6, 6.07) is 44.0. The molecule has 0 spiro atoms. The molecule has 0 bridgehead atoms. The second-order valence-corrected chi connectivity index (χ2v) is 43.0. The molecule has 11 rings (SSSR count). The van der Waals surface area contributed by atoms with Gasteiger partial charge in [0.05, 0.1) is 46.7 Å². The number of aromatic hydroxyl groups is 2. The summed E-state index contributed by atoms with van der Waals surface area (Å²) in [7, 11) is -0.861. The van der Waals surface area contributed by atoms with E-state index in [2.05, 4.69) is 277 Å². The molecule has 3 N–H and O–H groups in total. The molecule has 0 unspecified atom stereocenters. The minimum atomic E-state index is -0.861. The summed E-state index contributed by atoms with van der Waals surface area (Å²) in [6.07, 6.45) is 4.73. The van der Waals surface area contributed by atoms with Gasteiger partial charge in [0.1, 0.15) is 47.8 Å². The predicted molar refractivity (Wildman–Crippen MR) is 430 cm³/mol. The third kappa shape index (κ3) is 19.1. The molecule has 1 aliphatic heterocycles. The monoisotopic (exact) mass is 1430 g/mol. The third-order valence-electron chi connectivity index (χ3n) is 19.3. The standard InChI is InChI=1S/C83H100F2N2O4.C4H8O.C4H11Si.Sc/c1-76(2,3)48-82(19,20)54-38-64(74(88)70(44-54)86-66-40-50(78(7,8)9)24-30-58(66)59-31-25-51(41-67(59)86)79(10,11)12)62-46-56(84)28-34-72(62)90-36-23-37-91-73-35-29-57(85)47-63(73)65-39-55(83(21,22)49-77(4,5)6)45-71(75(65)89)87-68-42-52(80(13,14)15)26-32-60(68)61-33-27-53(43-69(61)87)81(16,17)18;1-2-4-5-3-1;1-5(2,3)4;/h24-35,38-47,88-89H,23,36-37,48-49H2,1-22H3;1-4H2;1H2,2-4H3;/q;;-1;/p+1. The Morgan fingerprint density at radius 1 is 0.402 bits per heavy atom. The molecule has 0 atom stereocenters. The van der Waals surface area contributed by atoms with Gasteiger partial charge in [-0.15, -0.1) is 8.07 Å². The van der Waals surface area contributed by atoms with Crippen molar-refractivity contribution in [3.63, 3.8) is 0 Å². The Morgan fingerprint density at radius 3 is 0.931 bits per heavy atom. The molecule has 3 heterocycles. The first-order chi connectivity index (χ1) is 46.5. The number of benzene rings is 8. The largest absolute Gasteiger partial charge is 0.505 e. The van der Waals surface area contributed by atoms with E-state index in [-0.39, 0.29) is 93.9 Å². The number of halogens is 2. The Kier molecular flexibility index (Phi) is 24.0. The average Bonchev–Trinajstić information content (AvgIpc) is 1.49. The fourth-order valence-corrected chi connectivity index (χ4v) is 14.7. The van der Waals surface area contributed by atoms with Crippen LogP contribution < -0.4 is 9.47 Å². The number of hydrogen-bond acceptors (Lipinski definition) is 4. The van der Waals surface area contributed by atoms with E-state index in [9.17, 15) is 10.2 Å². The molecule has 11 heteroatoms. The fraction of sp³-hybridized carbons (Fsp3) is 0.462. The van der Waals surface area contributed by atoms with Crippen molar-refractivity contribution in [2.75, 3.05) is 26.4 Å². The molecule has 545 valence electrons. The van der Waals surface area contributed by atoms with Crippen LogP contribution in [0.2, 0.25) is 19.6 Å². The van der Waals surface area contributed by atoms with Gasteiger partial charge in [-0.25, -0.2) is 8.78 Å². The summed E-state index contributed by atoms with van der Waals surface area (Å²) < 4.78 is 53.9. The number of ether oxygens (including phenoxy) is 3. The maximum Gasteiger partial charge on any atom is 0.147 e. The number of phenolic OH excluding ortho intramolecular Hbond substituents is 2. The van der Waals surface area contributed by atoms with E-state index < -0.39 is 19.7 Å². The molecule has 0 amide bonds. The molecule has 2 aromatic heterocycles. The molecule has 0 aliphatic carbocycles. The third-order valence-corrected chi connectivity index (χ3v) is 19.3.